The van der Waals surface area contributed by atoms with Gasteiger partial charge in [-0.25, -0.2) is 9.18 Å². The Labute approximate surface area is 160 Å². The van der Waals surface area contributed by atoms with Crippen molar-refractivity contribution < 1.29 is 28.2 Å². The molecule has 0 radical (unpaired) electrons. The predicted molar refractivity (Wildman–Crippen MR) is 97.5 cm³/mol. The van der Waals surface area contributed by atoms with Crippen LogP contribution < -0.4 is 9.47 Å². The minimum absolute atomic E-state index is 0.0485. The molecule has 0 amide bonds. The quantitative estimate of drug-likeness (QED) is 0.558. The molecular weight excluding hydrogens is 375 g/mol. The Morgan fingerprint density at radius 2 is 2.11 bits per heavy atom. The lowest BCUT2D eigenvalue weighted by Crippen LogP contribution is -2.26. The summed E-state index contributed by atoms with van der Waals surface area (Å²) < 4.78 is 29.9. The Balaban J connectivity index is 1.83. The summed E-state index contributed by atoms with van der Waals surface area (Å²) in [4.78, 5) is 24.1. The summed E-state index contributed by atoms with van der Waals surface area (Å²) in [5.41, 5.74) is 0.382. The molecule has 5 nitrogen and oxygen atoms in total. The molecule has 0 fully saturated rings. The highest BCUT2D eigenvalue weighted by Gasteiger charge is 2.29. The van der Waals surface area contributed by atoms with Crippen molar-refractivity contribution in [3.63, 3.8) is 0 Å². The molecule has 1 aliphatic heterocycles. The molecule has 0 unspecified atom stereocenters. The highest BCUT2D eigenvalue weighted by molar-refractivity contribution is 6.32. The smallest absolute Gasteiger partial charge is 0.347 e. The first-order chi connectivity index (χ1) is 12.9. The van der Waals surface area contributed by atoms with Gasteiger partial charge in [0, 0.05) is 11.6 Å². The van der Waals surface area contributed by atoms with Crippen molar-refractivity contribution in [2.75, 3.05) is 6.61 Å². The van der Waals surface area contributed by atoms with E-state index in [2.05, 4.69) is 0 Å². The van der Waals surface area contributed by atoms with Gasteiger partial charge in [0.1, 0.15) is 17.3 Å². The first-order valence-electron chi connectivity index (χ1n) is 8.26. The van der Waals surface area contributed by atoms with Gasteiger partial charge >= 0.3 is 5.97 Å². The Kier molecular flexibility index (Phi) is 5.46. The molecule has 140 valence electrons. The molecule has 0 aliphatic carbocycles. The highest BCUT2D eigenvalue weighted by Crippen LogP contribution is 2.36. The molecule has 0 N–H and O–H groups in total. The maximum atomic E-state index is 13.9. The van der Waals surface area contributed by atoms with Gasteiger partial charge < -0.3 is 14.2 Å². The number of hydrogen-bond acceptors (Lipinski definition) is 5. The largest absolute Gasteiger partial charge is 0.479 e. The second-order valence-corrected chi connectivity index (χ2v) is 6.15. The number of ether oxygens (including phenoxy) is 3. The van der Waals surface area contributed by atoms with Gasteiger partial charge in [-0.3, -0.25) is 4.79 Å². The molecule has 0 aromatic heterocycles. The van der Waals surface area contributed by atoms with Crippen molar-refractivity contribution in [1.82, 2.24) is 0 Å². The van der Waals surface area contributed by atoms with Crippen LogP contribution in [0.5, 0.6) is 11.5 Å². The molecule has 0 bridgehead atoms. The van der Waals surface area contributed by atoms with Gasteiger partial charge in [-0.1, -0.05) is 17.7 Å². The van der Waals surface area contributed by atoms with Gasteiger partial charge in [-0.15, -0.1) is 0 Å². The number of benzene rings is 2. The zero-order valence-corrected chi connectivity index (χ0v) is 15.4. The third kappa shape index (κ3) is 3.95. The lowest BCUT2D eigenvalue weighted by atomic mass is 10.1. The number of halogens is 2. The van der Waals surface area contributed by atoms with Crippen molar-refractivity contribution in [2.24, 2.45) is 0 Å². The maximum absolute atomic E-state index is 13.9. The molecule has 1 aliphatic rings. The van der Waals surface area contributed by atoms with Gasteiger partial charge in [0.15, 0.2) is 11.9 Å². The van der Waals surface area contributed by atoms with Crippen LogP contribution in [0.4, 0.5) is 4.39 Å². The van der Waals surface area contributed by atoms with E-state index < -0.39 is 23.7 Å². The molecule has 1 heterocycles. The number of fused-ring (bicyclic) bond motifs is 1. The molecular formula is C20H16ClFO5. The molecule has 0 saturated heterocycles. The molecule has 2 aromatic rings. The number of carbonyl (C=O) groups excluding carboxylic acids is 2. The van der Waals surface area contributed by atoms with Crippen molar-refractivity contribution in [3.05, 3.63) is 64.1 Å². The van der Waals surface area contributed by atoms with Crippen LogP contribution in [0.2, 0.25) is 5.02 Å². The predicted octanol–water partition coefficient (Wildman–Crippen LogP) is 4.43. The van der Waals surface area contributed by atoms with E-state index in [0.717, 1.165) is 0 Å². The summed E-state index contributed by atoms with van der Waals surface area (Å²) in [5, 5.41) is 0.169. The van der Waals surface area contributed by atoms with E-state index in [1.54, 1.807) is 19.9 Å². The lowest BCUT2D eigenvalue weighted by molar-refractivity contribution is -0.150. The van der Waals surface area contributed by atoms with Crippen LogP contribution in [0.15, 0.2) is 42.2 Å². The fourth-order valence-electron chi connectivity index (χ4n) is 2.53. The Hall–Kier alpha value is -2.86. The minimum Gasteiger partial charge on any atom is -0.479 e. The van der Waals surface area contributed by atoms with Crippen LogP contribution in [0.25, 0.3) is 6.08 Å². The van der Waals surface area contributed by atoms with Crippen molar-refractivity contribution >= 4 is 29.4 Å². The van der Waals surface area contributed by atoms with E-state index in [-0.39, 0.29) is 28.7 Å². The molecule has 27 heavy (non-hydrogen) atoms. The monoisotopic (exact) mass is 390 g/mol. The number of carbonyl (C=O) groups is 2. The summed E-state index contributed by atoms with van der Waals surface area (Å²) in [6, 6.07) is 8.80. The summed E-state index contributed by atoms with van der Waals surface area (Å²) >= 11 is 5.99. The zero-order valence-electron chi connectivity index (χ0n) is 14.6. The molecule has 0 saturated carbocycles. The van der Waals surface area contributed by atoms with Gasteiger partial charge in [0.25, 0.3) is 0 Å². The van der Waals surface area contributed by atoms with Crippen LogP contribution >= 0.6 is 11.6 Å². The van der Waals surface area contributed by atoms with Crippen LogP contribution in [-0.2, 0) is 9.53 Å². The van der Waals surface area contributed by atoms with E-state index in [9.17, 15) is 14.0 Å². The van der Waals surface area contributed by atoms with Crippen molar-refractivity contribution in [2.45, 2.75) is 20.0 Å². The first-order valence-corrected chi connectivity index (χ1v) is 8.64. The third-order valence-corrected chi connectivity index (χ3v) is 4.18. The first kappa shape index (κ1) is 18.9. The van der Waals surface area contributed by atoms with Crippen LogP contribution in [0.1, 0.15) is 29.8 Å². The Morgan fingerprint density at radius 3 is 2.81 bits per heavy atom. The van der Waals surface area contributed by atoms with E-state index in [0.29, 0.717) is 11.3 Å². The topological polar surface area (TPSA) is 61.8 Å². The summed E-state index contributed by atoms with van der Waals surface area (Å²) in [6.07, 6.45) is 0.453. The Morgan fingerprint density at radius 1 is 1.33 bits per heavy atom. The Bertz CT molecular complexity index is 918. The number of ketones is 1. The second kappa shape index (κ2) is 7.80. The van der Waals surface area contributed by atoms with Crippen molar-refractivity contribution in [1.29, 1.82) is 0 Å². The standard InChI is InChI=1S/C20H16ClFO5/c1-3-25-20(24)11(2)26-12-7-8-13-17(9-12)27-18(19(13)23)10-14-15(21)5-4-6-16(14)22/h4-11H,3H2,1-2H3/b18-10+/t11-/m1/s1. The fourth-order valence-corrected chi connectivity index (χ4v) is 2.75. The molecule has 3 rings (SSSR count). The highest BCUT2D eigenvalue weighted by atomic mass is 35.5. The van der Waals surface area contributed by atoms with Crippen LogP contribution in [-0.4, -0.2) is 24.5 Å². The number of esters is 1. The number of rotatable bonds is 5. The van der Waals surface area contributed by atoms with E-state index in [1.165, 1.54) is 36.4 Å². The van der Waals surface area contributed by atoms with Crippen LogP contribution in [0.3, 0.4) is 0 Å². The number of allylic oxidation sites excluding steroid dienone is 1. The second-order valence-electron chi connectivity index (χ2n) is 5.75. The van der Waals surface area contributed by atoms with E-state index in [1.807, 2.05) is 0 Å². The fraction of sp³-hybridized carbons (Fsp3) is 0.200. The molecule has 0 spiro atoms. The average Bonchev–Trinajstić information content (AvgIpc) is 2.93. The molecule has 1 atom stereocenters. The normalized spacial score (nSPS) is 15.3. The summed E-state index contributed by atoms with van der Waals surface area (Å²) in [5.74, 6) is -0.902. The molecule has 7 heteroatoms. The maximum Gasteiger partial charge on any atom is 0.347 e. The van der Waals surface area contributed by atoms with Gasteiger partial charge in [0.05, 0.1) is 17.2 Å². The van der Waals surface area contributed by atoms with Gasteiger partial charge in [-0.2, -0.15) is 0 Å². The minimum atomic E-state index is -0.813. The lowest BCUT2D eigenvalue weighted by Gasteiger charge is -2.13. The number of Topliss-reactive ketones (excluding diaryl/α,β-unsaturated/α-hetero) is 1. The number of hydrogen-bond donors (Lipinski definition) is 0. The molecule has 2 aromatic carbocycles. The summed E-state index contributed by atoms with van der Waals surface area (Å²) in [6.45, 7) is 3.51. The van der Waals surface area contributed by atoms with E-state index in [4.69, 9.17) is 25.8 Å². The summed E-state index contributed by atoms with van der Waals surface area (Å²) in [7, 11) is 0. The van der Waals surface area contributed by atoms with Gasteiger partial charge in [0.2, 0.25) is 5.78 Å². The SMILES string of the molecule is CCOC(=O)[C@@H](C)Oc1ccc2c(c1)O/C(=C/c1c(F)cccc1Cl)C2=O. The van der Waals surface area contributed by atoms with E-state index >= 15 is 0 Å². The van der Waals surface area contributed by atoms with Gasteiger partial charge in [-0.05, 0) is 44.2 Å². The third-order valence-electron chi connectivity index (χ3n) is 3.85. The van der Waals surface area contributed by atoms with Crippen LogP contribution in [0, 0.1) is 5.82 Å². The van der Waals surface area contributed by atoms with Crippen molar-refractivity contribution in [3.8, 4) is 11.5 Å². The average molecular weight is 391 g/mol. The zero-order chi connectivity index (χ0) is 19.6.